The van der Waals surface area contributed by atoms with Gasteiger partial charge < -0.3 is 46.8 Å². The lowest BCUT2D eigenvalue weighted by atomic mass is 9.86. The molecule has 0 saturated carbocycles. The second kappa shape index (κ2) is 51.7. The zero-order valence-electron chi connectivity index (χ0n) is 89.8. The number of pyridine rings is 4. The Bertz CT molecular complexity index is 7120. The maximum Gasteiger partial charge on any atom is 0.311 e. The molecule has 0 fully saturated rings. The number of nitrogens with zero attached hydrogens (tertiary/aromatic N) is 5. The van der Waals surface area contributed by atoms with Crippen molar-refractivity contribution in [3.8, 4) is 5.75 Å². The van der Waals surface area contributed by atoms with Gasteiger partial charge >= 0.3 is 5.97 Å². The summed E-state index contributed by atoms with van der Waals surface area (Å²) in [5, 5.41) is 18.5. The highest BCUT2D eigenvalue weighted by Gasteiger charge is 2.24. The van der Waals surface area contributed by atoms with Gasteiger partial charge in [-0.1, -0.05) is 325 Å². The van der Waals surface area contributed by atoms with Crippen molar-refractivity contribution in [3.63, 3.8) is 0 Å². The van der Waals surface area contributed by atoms with Crippen molar-refractivity contribution in [1.29, 1.82) is 0 Å². The SMILES string of the molecule is CC(C)(C)c1ccc(CCC(=O)Nc2ccc3ccccc3n2)cc1.CC(C)(C)c1ccc(CCC(=O)Nc2ccc3nc[nH]c3c2)cc1.CC(C)(C)c1ccc(CCC(=O)Nc2cccc3ncccc23)cc1.CC(C)(C)c1ccc(CCC(=O)Nc2cnc3ccccc3c2)cc1.CC(C)(C)c1ccc(CCC(=O)Oc2cc(N)nc3ccccc23)cc1.COC1CC(NC(=O)CCc2ccc(C(C)(C)C)cc2)=CC=C1F. The molecule has 1 aliphatic rings. The van der Waals surface area contributed by atoms with Crippen LogP contribution in [0, 0.1) is 0 Å². The Balaban J connectivity index is 0.000000159. The monoisotopic (exact) mass is 2000 g/mol. The number of hydrogen-bond acceptors (Lipinski definition) is 14. The fourth-order valence-electron chi connectivity index (χ4n) is 16.5. The molecular formula is C128H145FN12O8. The number of nitrogen functional groups attached to an aromatic ring is 1. The van der Waals surface area contributed by atoms with E-state index >= 15 is 0 Å². The zero-order chi connectivity index (χ0) is 107. The fraction of sp³-hybridized carbons (Fsp3) is 0.305. The predicted molar refractivity (Wildman–Crippen MR) is 609 cm³/mol. The lowest BCUT2D eigenvalue weighted by molar-refractivity contribution is -0.134. The number of methoxy groups -OCH3 is 1. The smallest absolute Gasteiger partial charge is 0.311 e. The van der Waals surface area contributed by atoms with Gasteiger partial charge in [0.25, 0.3) is 0 Å². The van der Waals surface area contributed by atoms with Gasteiger partial charge in [0.2, 0.25) is 29.5 Å². The topological polar surface area (TPSA) is 287 Å². The number of esters is 1. The van der Waals surface area contributed by atoms with Gasteiger partial charge in [-0.05, 0) is 235 Å². The maximum atomic E-state index is 13.4. The number of aromatic amines is 1. The number of amides is 5. The minimum Gasteiger partial charge on any atom is -0.426 e. The van der Waals surface area contributed by atoms with E-state index in [9.17, 15) is 33.2 Å². The highest BCUT2D eigenvalue weighted by Crippen LogP contribution is 2.34. The summed E-state index contributed by atoms with van der Waals surface area (Å²) in [6.07, 6.45) is 14.6. The largest absolute Gasteiger partial charge is 0.426 e. The lowest BCUT2D eigenvalue weighted by Crippen LogP contribution is -2.28. The van der Waals surface area contributed by atoms with E-state index in [2.05, 4.69) is 327 Å². The summed E-state index contributed by atoms with van der Waals surface area (Å²) in [5.74, 6) is 0.795. The molecule has 149 heavy (non-hydrogen) atoms. The number of fused-ring (bicyclic) bond motifs is 5. The third kappa shape index (κ3) is 35.4. The van der Waals surface area contributed by atoms with Gasteiger partial charge in [0.1, 0.15) is 29.3 Å². The van der Waals surface area contributed by atoms with Crippen molar-refractivity contribution in [1.82, 2.24) is 35.2 Å². The van der Waals surface area contributed by atoms with Crippen LogP contribution in [0.25, 0.3) is 54.6 Å². The van der Waals surface area contributed by atoms with E-state index < -0.39 is 6.10 Å². The van der Waals surface area contributed by atoms with Crippen LogP contribution in [0.2, 0.25) is 0 Å². The normalized spacial score (nSPS) is 12.6. The summed E-state index contributed by atoms with van der Waals surface area (Å²) >= 11 is 0. The van der Waals surface area contributed by atoms with E-state index in [4.69, 9.17) is 15.2 Å². The minimum absolute atomic E-state index is 0.0111. The molecule has 0 bridgehead atoms. The molecule has 5 amide bonds. The van der Waals surface area contributed by atoms with Gasteiger partial charge in [0, 0.05) is 97.2 Å². The second-order valence-corrected chi connectivity index (χ2v) is 43.9. The molecule has 0 spiro atoms. The van der Waals surface area contributed by atoms with Crippen LogP contribution in [-0.4, -0.2) is 78.6 Å². The second-order valence-electron chi connectivity index (χ2n) is 43.9. The van der Waals surface area contributed by atoms with Crippen molar-refractivity contribution in [2.24, 2.45) is 0 Å². The molecule has 17 rings (SSSR count). The Morgan fingerprint density at radius 1 is 0.356 bits per heavy atom. The van der Waals surface area contributed by atoms with Gasteiger partial charge in [-0.25, -0.2) is 19.3 Å². The molecule has 0 saturated heterocycles. The molecule has 16 aromatic rings. The van der Waals surface area contributed by atoms with E-state index in [1.165, 1.54) is 68.8 Å². The Hall–Kier alpha value is -15.5. The van der Waals surface area contributed by atoms with Crippen molar-refractivity contribution in [2.45, 2.75) is 247 Å². The standard InChI is InChI=1S/C22H24N2O2.3C22H24N2O.C20H26FNO2.C20H23N3O/c1-22(2,3)16-11-8-15(9-12-16)10-13-21(25)26-19-14-20(23)24-18-7-5-4-6-17(18)19;1-22(2,3)17-12-9-16(10-13-17)11-14-21(25)24-20-8-4-7-19-18(20)6-5-15-23-19;1-22(2,3)18-12-8-16(9-13-18)10-15-21(25)24-20-14-11-17-6-4-5-7-19(17)23-20;1-22(2,3)18-11-8-16(9-12-18)10-13-21(25)24-19-14-17-6-4-5-7-20(17)23-15-19;1-20(2,3)15-8-5-14(6-9-15)7-12-19(23)22-16-10-11-17(21)18(13-16)24-4;1-20(2,3)15-7-4-14(5-8-15)6-11-19(24)23-16-9-10-17-18(12-16)22-13-21-17/h4-9,11-12,14H,10,13H2,1-3H3,(H2,23,24);4-10,12-13,15H,11,14H2,1-3H3,(H,24,25);4-9,11-14H,10,15H2,1-3H3,(H,23,24,25);4-9,11-12,14-15H,10,13H2,1-3H3,(H,24,25);5-6,8-11,18H,7,12-13H2,1-4H3,(H,22,23);4-5,7-10,12-13H,6,11H2,1-3H3,(H,21,22)(H,23,24). The van der Waals surface area contributed by atoms with Gasteiger partial charge in [-0.3, -0.25) is 38.7 Å². The van der Waals surface area contributed by atoms with Gasteiger partial charge in [0.05, 0.1) is 57.0 Å². The number of rotatable bonds is 25. The quantitative estimate of drug-likeness (QED) is 0.0262. The summed E-state index contributed by atoms with van der Waals surface area (Å²) in [4.78, 5) is 97.9. The van der Waals surface area contributed by atoms with Crippen molar-refractivity contribution >= 4 is 119 Å². The summed E-state index contributed by atoms with van der Waals surface area (Å²) in [6.45, 7) is 39.5. The number of aryl methyl sites for hydroxylation is 6. The first-order valence-electron chi connectivity index (χ1n) is 51.3. The number of para-hydroxylation sites is 3. The van der Waals surface area contributed by atoms with E-state index in [1.54, 1.807) is 30.9 Å². The average Bonchev–Trinajstić information content (AvgIpc) is 1.14. The highest BCUT2D eigenvalue weighted by atomic mass is 19.1. The van der Waals surface area contributed by atoms with Gasteiger partial charge in [0.15, 0.2) is 0 Å². The molecule has 1 aliphatic carbocycles. The molecule has 8 N–H and O–H groups in total. The van der Waals surface area contributed by atoms with E-state index in [1.807, 2.05) is 140 Å². The number of anilines is 5. The molecule has 20 nitrogen and oxygen atoms in total. The Labute approximate surface area is 878 Å². The number of imidazole rings is 1. The zero-order valence-corrected chi connectivity index (χ0v) is 89.8. The summed E-state index contributed by atoms with van der Waals surface area (Å²) < 4.78 is 24.0. The molecule has 772 valence electrons. The number of benzene rings is 11. The highest BCUT2D eigenvalue weighted by molar-refractivity contribution is 6.01. The molecule has 1 unspecified atom stereocenters. The molecule has 0 aliphatic heterocycles. The van der Waals surface area contributed by atoms with Crippen LogP contribution in [-0.2, 0) is 105 Å². The summed E-state index contributed by atoms with van der Waals surface area (Å²) in [6, 6.07) is 96.9. The number of hydrogen-bond donors (Lipinski definition) is 7. The van der Waals surface area contributed by atoms with Gasteiger partial charge in [-0.15, -0.1) is 0 Å². The number of aromatic nitrogens is 6. The fourth-order valence-corrected chi connectivity index (χ4v) is 16.5. The van der Waals surface area contributed by atoms with E-state index in [0.717, 1.165) is 103 Å². The van der Waals surface area contributed by atoms with Crippen LogP contribution < -0.4 is 37.1 Å². The summed E-state index contributed by atoms with van der Waals surface area (Å²) in [7, 11) is 1.46. The third-order valence-corrected chi connectivity index (χ3v) is 25.8. The number of H-pyrrole nitrogens is 1. The van der Waals surface area contributed by atoms with E-state index in [-0.39, 0.29) is 73.8 Å². The van der Waals surface area contributed by atoms with Crippen LogP contribution in [0.15, 0.2) is 334 Å². The first-order valence-corrected chi connectivity index (χ1v) is 51.3. The van der Waals surface area contributed by atoms with Crippen LogP contribution in [0.1, 0.15) is 236 Å². The average molecular weight is 2000 g/mol. The molecule has 0 radical (unpaired) electrons. The number of carbonyl (C=O) groups excluding carboxylic acids is 6. The lowest BCUT2D eigenvalue weighted by Gasteiger charge is -2.20. The molecule has 1 atom stereocenters. The Morgan fingerprint density at radius 2 is 0.765 bits per heavy atom. The van der Waals surface area contributed by atoms with Crippen LogP contribution >= 0.6 is 0 Å². The Morgan fingerprint density at radius 3 is 1.24 bits per heavy atom. The number of nitrogens with two attached hydrogens (primary N) is 1. The number of allylic oxidation sites excluding steroid dienone is 2. The number of ether oxygens (including phenoxy) is 2. The van der Waals surface area contributed by atoms with Crippen LogP contribution in [0.5, 0.6) is 5.75 Å². The number of carbonyl (C=O) groups is 6. The van der Waals surface area contributed by atoms with Crippen LogP contribution in [0.4, 0.5) is 33.1 Å². The van der Waals surface area contributed by atoms with Crippen molar-refractivity contribution in [3.05, 3.63) is 400 Å². The minimum atomic E-state index is -0.602. The van der Waals surface area contributed by atoms with E-state index in [0.29, 0.717) is 86.4 Å². The molecule has 21 heteroatoms. The van der Waals surface area contributed by atoms with Crippen molar-refractivity contribution in [2.75, 3.05) is 34.1 Å². The molecule has 5 heterocycles. The van der Waals surface area contributed by atoms with Crippen LogP contribution in [0.3, 0.4) is 0 Å². The molecule has 5 aromatic heterocycles. The summed E-state index contributed by atoms with van der Waals surface area (Å²) in [5.41, 5.74) is 29.7. The Kier molecular flexibility index (Phi) is 39.0. The molecule has 11 aromatic carbocycles. The van der Waals surface area contributed by atoms with Crippen molar-refractivity contribution < 1.29 is 42.6 Å². The third-order valence-electron chi connectivity index (χ3n) is 25.8. The first-order chi connectivity index (χ1) is 70.8. The predicted octanol–water partition coefficient (Wildman–Crippen LogP) is 28.6. The molecular weight excluding hydrogens is 1850 g/mol. The van der Waals surface area contributed by atoms with Gasteiger partial charge in [-0.2, -0.15) is 0 Å². The first kappa shape index (κ1) is 112. The number of halogens is 1. The number of nitrogens with one attached hydrogen (secondary N) is 6. The maximum absolute atomic E-state index is 13.4.